The highest BCUT2D eigenvalue weighted by atomic mass is 16.5. The molecule has 0 bridgehead atoms. The highest BCUT2D eigenvalue weighted by Gasteiger charge is 2.25. The number of rotatable bonds is 2. The van der Waals surface area contributed by atoms with Crippen molar-refractivity contribution in [3.05, 3.63) is 69.1 Å². The molecule has 0 unspecified atom stereocenters. The molecule has 0 fully saturated rings. The summed E-state index contributed by atoms with van der Waals surface area (Å²) in [6, 6.07) is 12.7. The molecule has 2 heterocycles. The predicted molar refractivity (Wildman–Crippen MR) is 111 cm³/mol. The molecular formula is C24H25NO3. The zero-order valence-electron chi connectivity index (χ0n) is 16.5. The number of anilines is 1. The molecular weight excluding hydrogens is 350 g/mol. The summed E-state index contributed by atoms with van der Waals surface area (Å²) in [5, 5.41) is 1.08. The van der Waals surface area contributed by atoms with Crippen LogP contribution in [-0.4, -0.2) is 6.73 Å². The van der Waals surface area contributed by atoms with Crippen LogP contribution in [0, 0.1) is 0 Å². The molecule has 3 aromatic rings. The maximum Gasteiger partial charge on any atom is 0.339 e. The smallest absolute Gasteiger partial charge is 0.339 e. The molecule has 0 amide bonds. The van der Waals surface area contributed by atoms with Gasteiger partial charge in [0, 0.05) is 16.6 Å². The van der Waals surface area contributed by atoms with E-state index in [-0.39, 0.29) is 5.63 Å². The maximum atomic E-state index is 12.6. The number of ether oxygens (including phenoxy) is 1. The minimum absolute atomic E-state index is 0.172. The van der Waals surface area contributed by atoms with Crippen molar-refractivity contribution in [1.29, 1.82) is 0 Å². The van der Waals surface area contributed by atoms with E-state index in [9.17, 15) is 4.79 Å². The average Bonchev–Trinajstić information content (AvgIpc) is 2.73. The number of fused-ring (bicyclic) bond motifs is 5. The summed E-state index contributed by atoms with van der Waals surface area (Å²) in [6.45, 7) is 5.57. The second kappa shape index (κ2) is 6.69. The molecule has 0 atom stereocenters. The van der Waals surface area contributed by atoms with Crippen molar-refractivity contribution in [3.8, 4) is 5.75 Å². The first-order chi connectivity index (χ1) is 13.6. The molecule has 1 aliphatic carbocycles. The zero-order valence-corrected chi connectivity index (χ0v) is 16.5. The Labute approximate surface area is 164 Å². The summed E-state index contributed by atoms with van der Waals surface area (Å²) >= 11 is 0. The number of benzene rings is 2. The average molecular weight is 375 g/mol. The molecule has 0 spiro atoms. The molecule has 4 nitrogen and oxygen atoms in total. The van der Waals surface area contributed by atoms with E-state index in [1.165, 1.54) is 11.1 Å². The molecule has 5 rings (SSSR count). The number of hydrogen-bond acceptors (Lipinski definition) is 4. The van der Waals surface area contributed by atoms with E-state index >= 15 is 0 Å². The summed E-state index contributed by atoms with van der Waals surface area (Å²) in [5.41, 5.74) is 6.00. The summed E-state index contributed by atoms with van der Waals surface area (Å²) in [5.74, 6) is 1.33. The van der Waals surface area contributed by atoms with Gasteiger partial charge in [-0.25, -0.2) is 4.79 Å². The third-order valence-corrected chi connectivity index (χ3v) is 6.10. The molecule has 28 heavy (non-hydrogen) atoms. The minimum atomic E-state index is -0.172. The summed E-state index contributed by atoms with van der Waals surface area (Å²) in [4.78, 5) is 14.8. The van der Waals surface area contributed by atoms with Gasteiger partial charge in [-0.2, -0.15) is 0 Å². The quantitative estimate of drug-likeness (QED) is 0.581. The molecule has 4 heteroatoms. The molecule has 0 radical (unpaired) electrons. The Bertz CT molecular complexity index is 1100. The van der Waals surface area contributed by atoms with Gasteiger partial charge in [-0.3, -0.25) is 0 Å². The van der Waals surface area contributed by atoms with E-state index in [0.29, 0.717) is 24.8 Å². The van der Waals surface area contributed by atoms with Crippen LogP contribution in [0.5, 0.6) is 5.75 Å². The fraction of sp³-hybridized carbons (Fsp3) is 0.375. The largest absolute Gasteiger partial charge is 0.473 e. The third kappa shape index (κ3) is 2.79. The Hall–Kier alpha value is -2.75. The van der Waals surface area contributed by atoms with Crippen LogP contribution in [0.2, 0.25) is 0 Å². The molecule has 2 aliphatic rings. The van der Waals surface area contributed by atoms with Crippen molar-refractivity contribution in [2.24, 2.45) is 0 Å². The Morgan fingerprint density at radius 2 is 1.68 bits per heavy atom. The second-order valence-electron chi connectivity index (χ2n) is 8.19. The highest BCUT2D eigenvalue weighted by molar-refractivity contribution is 5.86. The first kappa shape index (κ1) is 17.4. The lowest BCUT2D eigenvalue weighted by Crippen LogP contribution is -2.32. The predicted octanol–water partition coefficient (Wildman–Crippen LogP) is 5.15. The molecule has 0 saturated heterocycles. The molecule has 1 aromatic heterocycles. The van der Waals surface area contributed by atoms with Crippen LogP contribution in [0.25, 0.3) is 11.0 Å². The zero-order chi connectivity index (χ0) is 19.3. The summed E-state index contributed by atoms with van der Waals surface area (Å²) < 4.78 is 11.9. The van der Waals surface area contributed by atoms with Gasteiger partial charge in [0.15, 0.2) is 6.73 Å². The topological polar surface area (TPSA) is 42.7 Å². The molecule has 2 aromatic carbocycles. The van der Waals surface area contributed by atoms with E-state index in [0.717, 1.165) is 53.6 Å². The molecule has 1 aliphatic heterocycles. The van der Waals surface area contributed by atoms with Gasteiger partial charge in [0.25, 0.3) is 0 Å². The number of nitrogens with zero attached hydrogens (tertiary/aromatic N) is 1. The fourth-order valence-corrected chi connectivity index (χ4v) is 4.45. The highest BCUT2D eigenvalue weighted by Crippen LogP contribution is 2.36. The second-order valence-corrected chi connectivity index (χ2v) is 8.19. The first-order valence-corrected chi connectivity index (χ1v) is 10.2. The SMILES string of the molecule is CC(C)c1ccc(N2COc3ccc4c5c(c(=O)oc4c3C2)CCCC5)cc1. The van der Waals surface area contributed by atoms with Crippen molar-refractivity contribution < 1.29 is 9.15 Å². The van der Waals surface area contributed by atoms with E-state index in [1.54, 1.807) is 0 Å². The summed E-state index contributed by atoms with van der Waals surface area (Å²) in [6.07, 6.45) is 3.98. The van der Waals surface area contributed by atoms with Gasteiger partial charge in [0.05, 0.1) is 12.1 Å². The first-order valence-electron chi connectivity index (χ1n) is 10.2. The lowest BCUT2D eigenvalue weighted by Gasteiger charge is -2.31. The molecule has 0 N–H and O–H groups in total. The van der Waals surface area contributed by atoms with Gasteiger partial charge >= 0.3 is 5.63 Å². The van der Waals surface area contributed by atoms with Crippen molar-refractivity contribution in [2.45, 2.75) is 52.0 Å². The minimum Gasteiger partial charge on any atom is -0.473 e. The fourth-order valence-electron chi connectivity index (χ4n) is 4.45. The van der Waals surface area contributed by atoms with E-state index < -0.39 is 0 Å². The van der Waals surface area contributed by atoms with Gasteiger partial charge < -0.3 is 14.1 Å². The van der Waals surface area contributed by atoms with Crippen LogP contribution in [0.4, 0.5) is 5.69 Å². The van der Waals surface area contributed by atoms with Crippen LogP contribution >= 0.6 is 0 Å². The van der Waals surface area contributed by atoms with Crippen LogP contribution in [0.3, 0.4) is 0 Å². The molecule has 144 valence electrons. The Balaban J connectivity index is 1.57. The van der Waals surface area contributed by atoms with E-state index in [2.05, 4.69) is 49.1 Å². The van der Waals surface area contributed by atoms with Crippen molar-refractivity contribution in [1.82, 2.24) is 0 Å². The summed E-state index contributed by atoms with van der Waals surface area (Å²) in [7, 11) is 0. The monoisotopic (exact) mass is 375 g/mol. The Morgan fingerprint density at radius 1 is 0.929 bits per heavy atom. The van der Waals surface area contributed by atoms with Crippen molar-refractivity contribution >= 4 is 16.7 Å². The van der Waals surface area contributed by atoms with E-state index in [4.69, 9.17) is 9.15 Å². The normalized spacial score (nSPS) is 16.0. The van der Waals surface area contributed by atoms with Gasteiger partial charge in [0.1, 0.15) is 11.3 Å². The van der Waals surface area contributed by atoms with Gasteiger partial charge in [0.2, 0.25) is 0 Å². The van der Waals surface area contributed by atoms with Gasteiger partial charge in [-0.05, 0) is 67.0 Å². The number of aryl methyl sites for hydroxylation is 1. The van der Waals surface area contributed by atoms with Gasteiger partial charge in [-0.15, -0.1) is 0 Å². The van der Waals surface area contributed by atoms with Crippen molar-refractivity contribution in [3.63, 3.8) is 0 Å². The Morgan fingerprint density at radius 3 is 2.43 bits per heavy atom. The lowest BCUT2D eigenvalue weighted by atomic mass is 9.90. The van der Waals surface area contributed by atoms with Crippen LogP contribution in [0.1, 0.15) is 54.9 Å². The molecule has 0 saturated carbocycles. The van der Waals surface area contributed by atoms with Gasteiger partial charge in [-0.1, -0.05) is 26.0 Å². The van der Waals surface area contributed by atoms with E-state index in [1.807, 2.05) is 6.07 Å². The lowest BCUT2D eigenvalue weighted by molar-refractivity contribution is 0.289. The standard InChI is InChI=1S/C24H25NO3/c1-15(2)16-7-9-17(10-8-16)25-13-21-22(27-14-25)12-11-19-18-5-3-4-6-20(18)24(26)28-23(19)21/h7-12,15H,3-6,13-14H2,1-2H3. The van der Waals surface area contributed by atoms with Crippen LogP contribution in [0.15, 0.2) is 45.6 Å². The van der Waals surface area contributed by atoms with Crippen LogP contribution < -0.4 is 15.3 Å². The van der Waals surface area contributed by atoms with Crippen molar-refractivity contribution in [2.75, 3.05) is 11.6 Å². The third-order valence-electron chi connectivity index (χ3n) is 6.10. The maximum absolute atomic E-state index is 12.6. The van der Waals surface area contributed by atoms with Crippen LogP contribution in [-0.2, 0) is 19.4 Å². The number of hydrogen-bond donors (Lipinski definition) is 0. The Kier molecular flexibility index (Phi) is 4.15.